The summed E-state index contributed by atoms with van der Waals surface area (Å²) in [6, 6.07) is 14.3. The molecule has 0 spiro atoms. The predicted molar refractivity (Wildman–Crippen MR) is 125 cm³/mol. The van der Waals surface area contributed by atoms with Gasteiger partial charge in [0.05, 0.1) is 30.1 Å². The molecule has 32 heavy (non-hydrogen) atoms. The smallest absolute Gasteiger partial charge is 0.270 e. The second-order valence-corrected chi connectivity index (χ2v) is 7.00. The third kappa shape index (κ3) is 5.45. The van der Waals surface area contributed by atoms with E-state index in [-0.39, 0.29) is 17.2 Å². The zero-order valence-corrected chi connectivity index (χ0v) is 18.4. The SMILES string of the molecule is CCCOc1cc(Cl)c(C=NNc2nc(-c3ccccc3)c(C#N)c(=O)[nH]2)cc1OCC. The lowest BCUT2D eigenvalue weighted by atomic mass is 10.1. The Hall–Kier alpha value is -3.83. The van der Waals surface area contributed by atoms with Crippen LogP contribution >= 0.6 is 11.6 Å². The van der Waals surface area contributed by atoms with Crippen molar-refractivity contribution in [3.63, 3.8) is 0 Å². The molecule has 0 saturated heterocycles. The van der Waals surface area contributed by atoms with Gasteiger partial charge in [-0.1, -0.05) is 48.9 Å². The number of aromatic nitrogens is 2. The first kappa shape index (κ1) is 22.8. The molecule has 0 aliphatic carbocycles. The topological polar surface area (TPSA) is 112 Å². The van der Waals surface area contributed by atoms with Crippen LogP contribution in [0.2, 0.25) is 5.02 Å². The molecule has 8 nitrogen and oxygen atoms in total. The zero-order valence-electron chi connectivity index (χ0n) is 17.7. The Kier molecular flexibility index (Phi) is 7.84. The fourth-order valence-corrected chi connectivity index (χ4v) is 3.04. The zero-order chi connectivity index (χ0) is 22.9. The van der Waals surface area contributed by atoms with Gasteiger partial charge in [-0.15, -0.1) is 0 Å². The number of rotatable bonds is 9. The minimum Gasteiger partial charge on any atom is -0.490 e. The average molecular weight is 452 g/mol. The molecule has 1 aromatic heterocycles. The van der Waals surface area contributed by atoms with Crippen LogP contribution in [0.5, 0.6) is 11.5 Å². The van der Waals surface area contributed by atoms with E-state index >= 15 is 0 Å². The highest BCUT2D eigenvalue weighted by Crippen LogP contribution is 2.33. The third-order valence-corrected chi connectivity index (χ3v) is 4.60. The minimum absolute atomic E-state index is 0.0715. The Morgan fingerprint density at radius 1 is 1.22 bits per heavy atom. The number of hydrogen-bond donors (Lipinski definition) is 2. The van der Waals surface area contributed by atoms with Crippen molar-refractivity contribution < 1.29 is 9.47 Å². The molecule has 3 rings (SSSR count). The molecule has 2 N–H and O–H groups in total. The monoisotopic (exact) mass is 451 g/mol. The molecule has 0 amide bonds. The quantitative estimate of drug-likeness (QED) is 0.363. The van der Waals surface area contributed by atoms with E-state index < -0.39 is 5.56 Å². The standard InChI is InChI=1S/C23H22ClN5O3/c1-3-10-32-20-12-18(24)16(11-19(20)31-4-2)14-26-29-23-27-21(15-8-6-5-7-9-15)17(13-25)22(30)28-23/h5-9,11-12,14H,3-4,10H2,1-2H3,(H2,27,28,29,30). The molecule has 0 atom stereocenters. The van der Waals surface area contributed by atoms with Gasteiger partial charge in [-0.2, -0.15) is 10.4 Å². The van der Waals surface area contributed by atoms with Crippen LogP contribution < -0.4 is 20.5 Å². The van der Waals surface area contributed by atoms with Gasteiger partial charge >= 0.3 is 0 Å². The van der Waals surface area contributed by atoms with E-state index in [1.165, 1.54) is 6.21 Å². The Morgan fingerprint density at radius 2 is 1.97 bits per heavy atom. The number of hydrogen-bond acceptors (Lipinski definition) is 7. The largest absolute Gasteiger partial charge is 0.490 e. The Labute approximate surface area is 190 Å². The third-order valence-electron chi connectivity index (χ3n) is 4.28. The van der Waals surface area contributed by atoms with Gasteiger partial charge in [-0.05, 0) is 19.4 Å². The summed E-state index contributed by atoms with van der Waals surface area (Å²) >= 11 is 6.37. The molecule has 0 radical (unpaired) electrons. The van der Waals surface area contributed by atoms with Gasteiger partial charge in [-0.25, -0.2) is 10.4 Å². The maximum atomic E-state index is 12.3. The lowest BCUT2D eigenvalue weighted by molar-refractivity contribution is 0.277. The van der Waals surface area contributed by atoms with E-state index in [1.54, 1.807) is 36.4 Å². The highest BCUT2D eigenvalue weighted by Gasteiger charge is 2.13. The first-order valence-electron chi connectivity index (χ1n) is 10.0. The maximum absolute atomic E-state index is 12.3. The molecular weight excluding hydrogens is 430 g/mol. The Balaban J connectivity index is 1.87. The summed E-state index contributed by atoms with van der Waals surface area (Å²) in [7, 11) is 0. The van der Waals surface area contributed by atoms with Gasteiger partial charge in [0.1, 0.15) is 11.6 Å². The fraction of sp³-hybridized carbons (Fsp3) is 0.217. The van der Waals surface area contributed by atoms with Gasteiger partial charge in [0.2, 0.25) is 5.95 Å². The van der Waals surface area contributed by atoms with Gasteiger partial charge in [-0.3, -0.25) is 9.78 Å². The Bertz CT molecular complexity index is 1200. The second-order valence-electron chi connectivity index (χ2n) is 6.59. The molecule has 3 aromatic rings. The van der Waals surface area contributed by atoms with Crippen LogP contribution in [0.4, 0.5) is 5.95 Å². The highest BCUT2D eigenvalue weighted by molar-refractivity contribution is 6.33. The number of H-pyrrole nitrogens is 1. The molecule has 0 fully saturated rings. The van der Waals surface area contributed by atoms with E-state index in [9.17, 15) is 10.1 Å². The summed E-state index contributed by atoms with van der Waals surface area (Å²) in [6.07, 6.45) is 2.34. The summed E-state index contributed by atoms with van der Waals surface area (Å²) in [6.45, 7) is 4.91. The number of hydrazone groups is 1. The van der Waals surface area contributed by atoms with Crippen LogP contribution in [-0.4, -0.2) is 29.4 Å². The van der Waals surface area contributed by atoms with Crippen molar-refractivity contribution in [2.75, 3.05) is 18.6 Å². The minimum atomic E-state index is -0.562. The predicted octanol–water partition coefficient (Wildman–Crippen LogP) is 4.60. The molecule has 0 unspecified atom stereocenters. The highest BCUT2D eigenvalue weighted by atomic mass is 35.5. The molecule has 0 aliphatic heterocycles. The number of nitrogens with one attached hydrogen (secondary N) is 2. The molecule has 2 aromatic carbocycles. The van der Waals surface area contributed by atoms with Gasteiger partial charge in [0.15, 0.2) is 11.5 Å². The van der Waals surface area contributed by atoms with E-state index in [4.69, 9.17) is 21.1 Å². The first-order valence-corrected chi connectivity index (χ1v) is 10.4. The number of nitriles is 1. The summed E-state index contributed by atoms with van der Waals surface area (Å²) < 4.78 is 11.3. The number of nitrogens with zero attached hydrogens (tertiary/aromatic N) is 3. The normalized spacial score (nSPS) is 10.7. The number of aromatic amines is 1. The molecule has 0 aliphatic rings. The van der Waals surface area contributed by atoms with Crippen LogP contribution in [0, 0.1) is 11.3 Å². The molecule has 0 saturated carbocycles. The van der Waals surface area contributed by atoms with Crippen molar-refractivity contribution in [1.82, 2.24) is 9.97 Å². The van der Waals surface area contributed by atoms with Crippen molar-refractivity contribution >= 4 is 23.8 Å². The maximum Gasteiger partial charge on any atom is 0.270 e. The van der Waals surface area contributed by atoms with E-state index in [0.717, 1.165) is 6.42 Å². The summed E-state index contributed by atoms with van der Waals surface area (Å²) in [5.41, 5.74) is 3.56. The number of halogens is 1. The van der Waals surface area contributed by atoms with Gasteiger partial charge < -0.3 is 9.47 Å². The first-order chi connectivity index (χ1) is 15.6. The lowest BCUT2D eigenvalue weighted by Gasteiger charge is -2.13. The van der Waals surface area contributed by atoms with Crippen LogP contribution in [-0.2, 0) is 0 Å². The number of anilines is 1. The summed E-state index contributed by atoms with van der Waals surface area (Å²) in [4.78, 5) is 19.2. The van der Waals surface area contributed by atoms with Crippen molar-refractivity contribution in [2.45, 2.75) is 20.3 Å². The number of ether oxygens (including phenoxy) is 2. The van der Waals surface area contributed by atoms with Gasteiger partial charge in [0, 0.05) is 17.2 Å². The van der Waals surface area contributed by atoms with Crippen molar-refractivity contribution in [2.24, 2.45) is 5.10 Å². The Morgan fingerprint density at radius 3 is 2.66 bits per heavy atom. The van der Waals surface area contributed by atoms with Crippen LogP contribution in [0.3, 0.4) is 0 Å². The lowest BCUT2D eigenvalue weighted by Crippen LogP contribution is -2.16. The van der Waals surface area contributed by atoms with Crippen molar-refractivity contribution in [3.05, 3.63) is 69.0 Å². The van der Waals surface area contributed by atoms with Crippen LogP contribution in [0.1, 0.15) is 31.4 Å². The molecular formula is C23H22ClN5O3. The molecule has 0 bridgehead atoms. The van der Waals surface area contributed by atoms with E-state index in [1.807, 2.05) is 26.0 Å². The number of benzene rings is 2. The second kappa shape index (κ2) is 11.0. The van der Waals surface area contributed by atoms with Crippen LogP contribution in [0.15, 0.2) is 52.4 Å². The molecule has 1 heterocycles. The van der Waals surface area contributed by atoms with E-state index in [2.05, 4.69) is 20.5 Å². The average Bonchev–Trinajstić information content (AvgIpc) is 2.80. The van der Waals surface area contributed by atoms with Gasteiger partial charge in [0.25, 0.3) is 5.56 Å². The molecule has 9 heteroatoms. The van der Waals surface area contributed by atoms with Crippen molar-refractivity contribution in [1.29, 1.82) is 5.26 Å². The summed E-state index contributed by atoms with van der Waals surface area (Å²) in [5, 5.41) is 13.9. The van der Waals surface area contributed by atoms with Crippen LogP contribution in [0.25, 0.3) is 11.3 Å². The summed E-state index contributed by atoms with van der Waals surface area (Å²) in [5.74, 6) is 1.21. The van der Waals surface area contributed by atoms with Crippen molar-refractivity contribution in [3.8, 4) is 28.8 Å². The fourth-order valence-electron chi connectivity index (χ4n) is 2.84. The molecule has 164 valence electrons. The van der Waals surface area contributed by atoms with E-state index in [0.29, 0.717) is 40.9 Å².